The van der Waals surface area contributed by atoms with Crippen LogP contribution in [0, 0.1) is 0 Å². The van der Waals surface area contributed by atoms with Gasteiger partial charge in [0.25, 0.3) is 0 Å². The minimum Gasteiger partial charge on any atom is -0.378 e. The molecular weight excluding hydrogens is 420 g/mol. The highest BCUT2D eigenvalue weighted by Crippen LogP contribution is 2.31. The lowest BCUT2D eigenvalue weighted by atomic mass is 10.2. The van der Waals surface area contributed by atoms with Gasteiger partial charge in [0, 0.05) is 25.2 Å². The van der Waals surface area contributed by atoms with Crippen LogP contribution in [-0.4, -0.2) is 55.7 Å². The molecule has 1 amide bonds. The molecule has 158 valence electrons. The van der Waals surface area contributed by atoms with Gasteiger partial charge in [0.05, 0.1) is 47.4 Å². The van der Waals surface area contributed by atoms with Crippen molar-refractivity contribution in [1.82, 2.24) is 9.88 Å². The predicted molar refractivity (Wildman–Crippen MR) is 124 cm³/mol. The number of ether oxygens (including phenoxy) is 1. The summed E-state index contributed by atoms with van der Waals surface area (Å²) >= 11 is 7.84. The minimum atomic E-state index is -0.102. The molecule has 8 heteroatoms. The van der Waals surface area contributed by atoms with Crippen LogP contribution in [0.15, 0.2) is 42.5 Å². The molecule has 1 aromatic heterocycles. The van der Waals surface area contributed by atoms with Gasteiger partial charge in [0.2, 0.25) is 5.91 Å². The quantitative estimate of drug-likeness (QED) is 0.610. The van der Waals surface area contributed by atoms with Crippen molar-refractivity contribution in [2.75, 3.05) is 50.1 Å². The number of thiazole rings is 1. The first kappa shape index (κ1) is 20.9. The minimum absolute atomic E-state index is 0.00495. The maximum atomic E-state index is 12.9. The molecule has 0 spiro atoms. The first-order valence-corrected chi connectivity index (χ1v) is 11.2. The van der Waals surface area contributed by atoms with E-state index in [1.807, 2.05) is 50.4 Å². The Morgan fingerprint density at radius 1 is 1.30 bits per heavy atom. The highest BCUT2D eigenvalue weighted by atomic mass is 35.5. The van der Waals surface area contributed by atoms with Gasteiger partial charge in [-0.1, -0.05) is 23.7 Å². The number of amides is 1. The fourth-order valence-corrected chi connectivity index (χ4v) is 4.71. The zero-order chi connectivity index (χ0) is 21.1. The summed E-state index contributed by atoms with van der Waals surface area (Å²) in [6.07, 6.45) is 0. The summed E-state index contributed by atoms with van der Waals surface area (Å²) in [5.74, 6) is -0.00495. The molecule has 1 N–H and O–H groups in total. The van der Waals surface area contributed by atoms with Crippen molar-refractivity contribution < 1.29 is 9.53 Å². The van der Waals surface area contributed by atoms with Crippen LogP contribution in [0.4, 0.5) is 11.4 Å². The summed E-state index contributed by atoms with van der Waals surface area (Å²) in [5.41, 5.74) is 2.87. The summed E-state index contributed by atoms with van der Waals surface area (Å²) in [4.78, 5) is 21.6. The van der Waals surface area contributed by atoms with Gasteiger partial charge in [-0.3, -0.25) is 4.79 Å². The Labute approximate surface area is 185 Å². The number of rotatable bonds is 6. The number of aromatic nitrogens is 1. The molecule has 0 radical (unpaired) electrons. The van der Waals surface area contributed by atoms with Crippen LogP contribution in [0.5, 0.6) is 0 Å². The molecule has 1 fully saturated rings. The lowest BCUT2D eigenvalue weighted by molar-refractivity contribution is -0.129. The highest BCUT2D eigenvalue weighted by molar-refractivity contribution is 7.18. The smallest absolute Gasteiger partial charge is 0.242 e. The van der Waals surface area contributed by atoms with E-state index >= 15 is 0 Å². The SMILES string of the molecule is C[C@H](c1nc2ccccc2s1)N(C)C(=O)CNc1cc(Cl)ccc1N1CCOCC1. The van der Waals surface area contributed by atoms with Crippen molar-refractivity contribution in [1.29, 1.82) is 0 Å². The third-order valence-corrected chi connectivity index (χ3v) is 6.82. The molecule has 2 aromatic carbocycles. The van der Waals surface area contributed by atoms with Crippen molar-refractivity contribution in [2.45, 2.75) is 13.0 Å². The number of nitrogens with zero attached hydrogens (tertiary/aromatic N) is 3. The Balaban J connectivity index is 1.44. The van der Waals surface area contributed by atoms with E-state index in [1.54, 1.807) is 16.2 Å². The van der Waals surface area contributed by atoms with Gasteiger partial charge in [-0.15, -0.1) is 11.3 Å². The van der Waals surface area contributed by atoms with E-state index in [4.69, 9.17) is 16.3 Å². The second-order valence-corrected chi connectivity index (χ2v) is 8.81. The van der Waals surface area contributed by atoms with E-state index in [0.717, 1.165) is 39.7 Å². The normalized spacial score (nSPS) is 15.2. The molecule has 4 rings (SSSR count). The number of nitrogens with one attached hydrogen (secondary N) is 1. The Kier molecular flexibility index (Phi) is 6.41. The number of anilines is 2. The van der Waals surface area contributed by atoms with Crippen molar-refractivity contribution >= 4 is 50.4 Å². The molecule has 30 heavy (non-hydrogen) atoms. The van der Waals surface area contributed by atoms with Gasteiger partial charge in [0.1, 0.15) is 5.01 Å². The maximum Gasteiger partial charge on any atom is 0.242 e. The van der Waals surface area contributed by atoms with Gasteiger partial charge >= 0.3 is 0 Å². The second kappa shape index (κ2) is 9.20. The van der Waals surface area contributed by atoms with Crippen LogP contribution in [0.25, 0.3) is 10.2 Å². The molecule has 0 bridgehead atoms. The van der Waals surface area contributed by atoms with Crippen LogP contribution < -0.4 is 10.2 Å². The maximum absolute atomic E-state index is 12.9. The fourth-order valence-electron chi connectivity index (χ4n) is 3.48. The van der Waals surface area contributed by atoms with Crippen LogP contribution in [-0.2, 0) is 9.53 Å². The van der Waals surface area contributed by atoms with Crippen LogP contribution in [0.3, 0.4) is 0 Å². The van der Waals surface area contributed by atoms with Gasteiger partial charge < -0.3 is 19.9 Å². The number of morpholine rings is 1. The lowest BCUT2D eigenvalue weighted by Gasteiger charge is -2.31. The molecule has 2 heterocycles. The monoisotopic (exact) mass is 444 g/mol. The third-order valence-electron chi connectivity index (χ3n) is 5.38. The summed E-state index contributed by atoms with van der Waals surface area (Å²) in [7, 11) is 1.82. The number of hydrogen-bond donors (Lipinski definition) is 1. The molecule has 3 aromatic rings. The Morgan fingerprint density at radius 3 is 2.83 bits per heavy atom. The van der Waals surface area contributed by atoms with Crippen LogP contribution in [0.1, 0.15) is 18.0 Å². The molecule has 1 aliphatic rings. The van der Waals surface area contributed by atoms with E-state index in [9.17, 15) is 4.79 Å². The largest absolute Gasteiger partial charge is 0.378 e. The number of benzene rings is 2. The molecule has 0 saturated carbocycles. The fraction of sp³-hybridized carbons (Fsp3) is 0.364. The van der Waals surface area contributed by atoms with E-state index in [0.29, 0.717) is 18.2 Å². The molecule has 6 nitrogen and oxygen atoms in total. The number of hydrogen-bond acceptors (Lipinski definition) is 6. The zero-order valence-electron chi connectivity index (χ0n) is 17.1. The number of fused-ring (bicyclic) bond motifs is 1. The number of likely N-dealkylation sites (N-methyl/N-ethyl adjacent to an activating group) is 1. The number of carbonyl (C=O) groups excluding carboxylic acids is 1. The molecule has 0 unspecified atom stereocenters. The van der Waals surface area contributed by atoms with Gasteiger partial charge in [-0.25, -0.2) is 4.98 Å². The number of para-hydroxylation sites is 1. The summed E-state index contributed by atoms with van der Waals surface area (Å²) in [6, 6.07) is 13.7. The third kappa shape index (κ3) is 4.53. The highest BCUT2D eigenvalue weighted by Gasteiger charge is 2.21. The van der Waals surface area contributed by atoms with E-state index < -0.39 is 0 Å². The topological polar surface area (TPSA) is 57.7 Å². The van der Waals surface area contributed by atoms with Crippen molar-refractivity contribution in [2.24, 2.45) is 0 Å². The average Bonchev–Trinajstić information content (AvgIpc) is 3.21. The van der Waals surface area contributed by atoms with Crippen molar-refractivity contribution in [3.8, 4) is 0 Å². The molecule has 1 saturated heterocycles. The van der Waals surface area contributed by atoms with Gasteiger partial charge in [0.15, 0.2) is 0 Å². The first-order valence-electron chi connectivity index (χ1n) is 10.00. The predicted octanol–water partition coefficient (Wildman–Crippen LogP) is 4.42. The van der Waals surface area contributed by atoms with Crippen molar-refractivity contribution in [3.05, 3.63) is 52.5 Å². The van der Waals surface area contributed by atoms with Crippen LogP contribution in [0.2, 0.25) is 5.02 Å². The van der Waals surface area contributed by atoms with E-state index in [-0.39, 0.29) is 18.5 Å². The van der Waals surface area contributed by atoms with Crippen molar-refractivity contribution in [3.63, 3.8) is 0 Å². The Bertz CT molecular complexity index is 1000. The molecule has 0 aliphatic carbocycles. The standard InChI is InChI=1S/C22H25ClN4O2S/c1-15(22-25-17-5-3-4-6-20(17)30-22)26(2)21(28)14-24-18-13-16(23)7-8-19(18)27-9-11-29-12-10-27/h3-8,13,15,24H,9-12,14H2,1-2H3/t15-/m1/s1. The Morgan fingerprint density at radius 2 is 2.07 bits per heavy atom. The second-order valence-electron chi connectivity index (χ2n) is 7.31. The molecule has 1 atom stereocenters. The molecular formula is C22H25ClN4O2S. The average molecular weight is 445 g/mol. The van der Waals surface area contributed by atoms with E-state index in [1.165, 1.54) is 0 Å². The number of carbonyl (C=O) groups is 1. The van der Waals surface area contributed by atoms with Gasteiger partial charge in [-0.2, -0.15) is 0 Å². The van der Waals surface area contributed by atoms with E-state index in [2.05, 4.69) is 21.3 Å². The van der Waals surface area contributed by atoms with Gasteiger partial charge in [-0.05, 0) is 37.3 Å². The lowest BCUT2D eigenvalue weighted by Crippen LogP contribution is -2.37. The zero-order valence-corrected chi connectivity index (χ0v) is 18.7. The Hall–Kier alpha value is -2.35. The number of halogens is 1. The molecule has 1 aliphatic heterocycles. The summed E-state index contributed by atoms with van der Waals surface area (Å²) < 4.78 is 6.58. The summed E-state index contributed by atoms with van der Waals surface area (Å²) in [5, 5.41) is 4.86. The first-order chi connectivity index (χ1) is 14.5. The summed E-state index contributed by atoms with van der Waals surface area (Å²) in [6.45, 7) is 5.22. The van der Waals surface area contributed by atoms with Crippen LogP contribution >= 0.6 is 22.9 Å².